The molecule has 6 nitrogen and oxygen atoms in total. The van der Waals surface area contributed by atoms with Crippen LogP contribution in [0.3, 0.4) is 0 Å². The number of hydrogen-bond donors (Lipinski definition) is 0. The summed E-state index contributed by atoms with van der Waals surface area (Å²) in [6, 6.07) is 6.32. The molecule has 0 amide bonds. The minimum absolute atomic E-state index is 0.0211. The van der Waals surface area contributed by atoms with Crippen LogP contribution in [0, 0.1) is 0 Å². The van der Waals surface area contributed by atoms with Gasteiger partial charge in [0.2, 0.25) is 0 Å². The third kappa shape index (κ3) is 4.35. The molecule has 0 saturated carbocycles. The summed E-state index contributed by atoms with van der Waals surface area (Å²) in [5.74, 6) is -0.321. The zero-order valence-corrected chi connectivity index (χ0v) is 16.4. The van der Waals surface area contributed by atoms with Crippen LogP contribution < -0.4 is 5.69 Å². The third-order valence-electron chi connectivity index (χ3n) is 4.04. The van der Waals surface area contributed by atoms with E-state index in [9.17, 15) is 22.8 Å². The molecule has 3 rings (SSSR count). The van der Waals surface area contributed by atoms with Crippen molar-refractivity contribution < 1.29 is 18.0 Å². The van der Waals surface area contributed by atoms with Gasteiger partial charge in [0.05, 0.1) is 10.6 Å². The zero-order valence-electron chi connectivity index (χ0n) is 14.9. The Morgan fingerprint density at radius 2 is 1.90 bits per heavy atom. The van der Waals surface area contributed by atoms with Crippen LogP contribution in [0.15, 0.2) is 41.3 Å². The maximum atomic E-state index is 12.9. The minimum atomic E-state index is -4.57. The van der Waals surface area contributed by atoms with Gasteiger partial charge in [0.1, 0.15) is 12.4 Å². The Morgan fingerprint density at radius 1 is 1.17 bits per heavy atom. The summed E-state index contributed by atoms with van der Waals surface area (Å²) in [6.07, 6.45) is -3.77. The molecule has 0 aliphatic carbocycles. The number of halogens is 5. The predicted octanol–water partition coefficient (Wildman–Crippen LogP) is 4.40. The van der Waals surface area contributed by atoms with Gasteiger partial charge < -0.3 is 0 Å². The van der Waals surface area contributed by atoms with Gasteiger partial charge >= 0.3 is 11.9 Å². The van der Waals surface area contributed by atoms with Crippen molar-refractivity contribution in [3.05, 3.63) is 62.6 Å². The Morgan fingerprint density at radius 3 is 2.45 bits per heavy atom. The van der Waals surface area contributed by atoms with Crippen LogP contribution in [0.5, 0.6) is 0 Å². The van der Waals surface area contributed by atoms with Crippen molar-refractivity contribution in [1.82, 2.24) is 19.3 Å². The first-order valence-electron chi connectivity index (χ1n) is 8.32. The summed E-state index contributed by atoms with van der Waals surface area (Å²) in [6.45, 7) is 1.35. The van der Waals surface area contributed by atoms with Crippen LogP contribution in [-0.4, -0.2) is 25.1 Å². The molecule has 0 unspecified atom stereocenters. The monoisotopic (exact) mass is 444 g/mol. The average molecular weight is 445 g/mol. The number of hydrogen-bond acceptors (Lipinski definition) is 4. The lowest BCUT2D eigenvalue weighted by atomic mass is 10.2. The minimum Gasteiger partial charge on any atom is -0.298 e. The molecule has 0 fully saturated rings. The highest BCUT2D eigenvalue weighted by Gasteiger charge is 2.31. The molecule has 1 aromatic carbocycles. The Labute approximate surface area is 172 Å². The summed E-state index contributed by atoms with van der Waals surface area (Å²) in [5.41, 5.74) is -1.40. The highest BCUT2D eigenvalue weighted by Crippen LogP contribution is 2.31. The van der Waals surface area contributed by atoms with E-state index in [1.165, 1.54) is 18.2 Å². The van der Waals surface area contributed by atoms with Gasteiger partial charge in [0.25, 0.3) is 0 Å². The Bertz CT molecular complexity index is 1120. The van der Waals surface area contributed by atoms with Crippen LogP contribution in [-0.2, 0) is 17.5 Å². The van der Waals surface area contributed by atoms with Crippen LogP contribution in [0.1, 0.15) is 18.9 Å². The maximum Gasteiger partial charge on any atom is 0.417 e. The highest BCUT2D eigenvalue weighted by molar-refractivity contribution is 6.36. The van der Waals surface area contributed by atoms with E-state index in [4.69, 9.17) is 23.2 Å². The molecular formula is C18H13Cl2F3N4O2. The molecule has 0 bridgehead atoms. The Balaban J connectivity index is 2.21. The number of carbonyl (C=O) groups excluding carboxylic acids is 1. The fourth-order valence-electron chi connectivity index (χ4n) is 2.53. The zero-order chi connectivity index (χ0) is 21.3. The summed E-state index contributed by atoms with van der Waals surface area (Å²) in [5, 5.41) is 4.68. The number of carbonyl (C=O) groups is 1. The molecule has 2 heterocycles. The van der Waals surface area contributed by atoms with E-state index in [-0.39, 0.29) is 35.4 Å². The Kier molecular flexibility index (Phi) is 5.81. The number of rotatable bonds is 5. The van der Waals surface area contributed by atoms with Crippen molar-refractivity contribution >= 4 is 29.0 Å². The normalized spacial score (nSPS) is 11.7. The number of ketones is 1. The first-order valence-corrected chi connectivity index (χ1v) is 9.08. The lowest BCUT2D eigenvalue weighted by Gasteiger charge is -2.09. The topological polar surface area (TPSA) is 69.8 Å². The van der Waals surface area contributed by atoms with E-state index in [2.05, 4.69) is 10.1 Å². The first kappa shape index (κ1) is 21.1. The smallest absolute Gasteiger partial charge is 0.298 e. The maximum absolute atomic E-state index is 12.9. The molecule has 0 aliphatic rings. The van der Waals surface area contributed by atoms with Crippen LogP contribution in [0.25, 0.3) is 17.2 Å². The van der Waals surface area contributed by atoms with E-state index < -0.39 is 17.4 Å². The van der Waals surface area contributed by atoms with Crippen molar-refractivity contribution in [2.75, 3.05) is 0 Å². The van der Waals surface area contributed by atoms with Gasteiger partial charge in [0.15, 0.2) is 11.6 Å². The quantitative estimate of drug-likeness (QED) is 0.584. The van der Waals surface area contributed by atoms with E-state index in [1.54, 1.807) is 6.92 Å². The Hall–Kier alpha value is -2.65. The molecule has 11 heteroatoms. The van der Waals surface area contributed by atoms with Crippen LogP contribution >= 0.6 is 23.2 Å². The van der Waals surface area contributed by atoms with Crippen LogP contribution in [0.2, 0.25) is 10.0 Å². The van der Waals surface area contributed by atoms with Crippen molar-refractivity contribution in [3.8, 4) is 17.2 Å². The second kappa shape index (κ2) is 8.00. The van der Waals surface area contributed by atoms with Gasteiger partial charge in [-0.15, -0.1) is 5.10 Å². The number of pyridine rings is 1. The summed E-state index contributed by atoms with van der Waals surface area (Å²) in [7, 11) is 0. The lowest BCUT2D eigenvalue weighted by Crippen LogP contribution is -2.27. The standard InChI is InChI=1S/C18H13Cl2F3N4O2/c1-2-12(28)9-26-17(29)27(15-6-3-10(8-24-15)18(21,22)23)16(25-26)13-5-4-11(19)7-14(13)20/h3-8H,2,9H2,1H3. The molecule has 3 aromatic rings. The molecule has 0 spiro atoms. The van der Waals surface area contributed by atoms with Crippen molar-refractivity contribution in [3.63, 3.8) is 0 Å². The number of nitrogens with zero attached hydrogens (tertiary/aromatic N) is 4. The van der Waals surface area contributed by atoms with Gasteiger partial charge in [-0.2, -0.15) is 13.2 Å². The molecule has 2 aromatic heterocycles. The fourth-order valence-corrected chi connectivity index (χ4v) is 3.02. The lowest BCUT2D eigenvalue weighted by molar-refractivity contribution is -0.137. The summed E-state index contributed by atoms with van der Waals surface area (Å²) < 4.78 is 40.4. The summed E-state index contributed by atoms with van der Waals surface area (Å²) >= 11 is 12.1. The highest BCUT2D eigenvalue weighted by atomic mass is 35.5. The molecule has 0 atom stereocenters. The SMILES string of the molecule is CCC(=O)Cn1nc(-c2ccc(Cl)cc2Cl)n(-c2ccc(C(F)(F)F)cn2)c1=O. The first-order chi connectivity index (χ1) is 13.6. The van der Waals surface area contributed by atoms with Crippen LogP contribution in [0.4, 0.5) is 13.2 Å². The molecular weight excluding hydrogens is 432 g/mol. The molecule has 0 aliphatic heterocycles. The van der Waals surface area contributed by atoms with E-state index in [0.29, 0.717) is 16.8 Å². The number of Topliss-reactive ketones (excluding diaryl/α,β-unsaturated/α-hetero) is 1. The largest absolute Gasteiger partial charge is 0.417 e. The predicted molar refractivity (Wildman–Crippen MR) is 101 cm³/mol. The van der Waals surface area contributed by atoms with Gasteiger partial charge in [-0.05, 0) is 30.3 Å². The molecule has 152 valence electrons. The average Bonchev–Trinajstić information content (AvgIpc) is 2.97. The van der Waals surface area contributed by atoms with Crippen molar-refractivity contribution in [2.24, 2.45) is 0 Å². The second-order valence-electron chi connectivity index (χ2n) is 6.02. The van der Waals surface area contributed by atoms with Crippen molar-refractivity contribution in [2.45, 2.75) is 26.1 Å². The molecule has 29 heavy (non-hydrogen) atoms. The van der Waals surface area contributed by atoms with Gasteiger partial charge in [-0.1, -0.05) is 30.1 Å². The molecule has 0 radical (unpaired) electrons. The third-order valence-corrected chi connectivity index (χ3v) is 4.58. The van der Waals surface area contributed by atoms with E-state index >= 15 is 0 Å². The number of alkyl halides is 3. The van der Waals surface area contributed by atoms with E-state index in [1.807, 2.05) is 0 Å². The number of benzene rings is 1. The van der Waals surface area contributed by atoms with E-state index in [0.717, 1.165) is 21.4 Å². The van der Waals surface area contributed by atoms with Gasteiger partial charge in [-0.25, -0.2) is 19.0 Å². The van der Waals surface area contributed by atoms with Gasteiger partial charge in [-0.3, -0.25) is 4.79 Å². The summed E-state index contributed by atoms with van der Waals surface area (Å²) in [4.78, 5) is 28.4. The van der Waals surface area contributed by atoms with Crippen molar-refractivity contribution in [1.29, 1.82) is 0 Å². The fraction of sp³-hybridized carbons (Fsp3) is 0.222. The van der Waals surface area contributed by atoms with Gasteiger partial charge in [0, 0.05) is 23.2 Å². The molecule has 0 saturated heterocycles. The molecule has 0 N–H and O–H groups in total. The second-order valence-corrected chi connectivity index (χ2v) is 6.86. The number of aromatic nitrogens is 4.